The maximum Gasteiger partial charge on any atom is 0.407 e. The molecule has 0 fully saturated rings. The number of carbonyl (C=O) groups is 2. The van der Waals surface area contributed by atoms with E-state index in [0.29, 0.717) is 0 Å². The lowest BCUT2D eigenvalue weighted by atomic mass is 10.0. The molecule has 2 amide bonds. The first-order valence-corrected chi connectivity index (χ1v) is 10.5. The summed E-state index contributed by atoms with van der Waals surface area (Å²) in [6.45, 7) is 6.03. The number of benzene rings is 2. The zero-order valence-electron chi connectivity index (χ0n) is 18.5. The Morgan fingerprint density at radius 2 is 1.72 bits per heavy atom. The molecule has 0 aliphatic heterocycles. The average molecular weight is 433 g/mol. The van der Waals surface area contributed by atoms with Crippen molar-refractivity contribution in [1.29, 1.82) is 0 Å². The molecule has 0 bridgehead atoms. The highest BCUT2D eigenvalue weighted by Gasteiger charge is 2.19. The number of aryl methyl sites for hydroxylation is 1. The fourth-order valence-electron chi connectivity index (χ4n) is 3.55. The first-order chi connectivity index (χ1) is 15.5. The highest BCUT2D eigenvalue weighted by Crippen LogP contribution is 2.20. The Kier molecular flexibility index (Phi) is 7.80. The van der Waals surface area contributed by atoms with Gasteiger partial charge in [-0.3, -0.25) is 4.79 Å². The Bertz CT molecular complexity index is 1080. The number of nitrogens with one attached hydrogen (secondary N) is 2. The summed E-state index contributed by atoms with van der Waals surface area (Å²) in [7, 11) is 0. The summed E-state index contributed by atoms with van der Waals surface area (Å²) in [5, 5.41) is 6.86. The van der Waals surface area contributed by atoms with Crippen LogP contribution >= 0.6 is 0 Å². The van der Waals surface area contributed by atoms with Crippen molar-refractivity contribution >= 4 is 18.2 Å². The van der Waals surface area contributed by atoms with E-state index in [1.54, 1.807) is 13.1 Å². The fraction of sp³-hybridized carbons (Fsp3) is 0.240. The number of aromatic nitrogens is 1. The zero-order valence-corrected chi connectivity index (χ0v) is 18.5. The summed E-state index contributed by atoms with van der Waals surface area (Å²) in [5.74, 6) is -0.316. The third kappa shape index (κ3) is 5.85. The number of ether oxygens (including phenoxy) is 1. The summed E-state index contributed by atoms with van der Waals surface area (Å²) < 4.78 is 7.10. The van der Waals surface area contributed by atoms with Gasteiger partial charge < -0.3 is 14.6 Å². The van der Waals surface area contributed by atoms with Crippen molar-refractivity contribution < 1.29 is 14.3 Å². The molecule has 0 aliphatic carbocycles. The molecule has 2 aromatic carbocycles. The van der Waals surface area contributed by atoms with E-state index in [9.17, 15) is 9.59 Å². The summed E-state index contributed by atoms with van der Waals surface area (Å²) in [4.78, 5) is 24.4. The van der Waals surface area contributed by atoms with Crippen molar-refractivity contribution in [3.05, 3.63) is 89.2 Å². The van der Waals surface area contributed by atoms with E-state index >= 15 is 0 Å². The number of para-hydroxylation sites is 1. The van der Waals surface area contributed by atoms with Crippen molar-refractivity contribution in [2.45, 2.75) is 33.2 Å². The van der Waals surface area contributed by atoms with E-state index in [1.807, 2.05) is 80.6 Å². The number of nitrogens with zero attached hydrogens (tertiary/aromatic N) is 2. The maximum atomic E-state index is 12.5. The Hall–Kier alpha value is -3.87. The van der Waals surface area contributed by atoms with Gasteiger partial charge in [-0.1, -0.05) is 48.5 Å². The second-order valence-electron chi connectivity index (χ2n) is 7.32. The molecule has 1 aromatic heterocycles. The average Bonchev–Trinajstić information content (AvgIpc) is 3.07. The van der Waals surface area contributed by atoms with Gasteiger partial charge in [-0.2, -0.15) is 5.10 Å². The van der Waals surface area contributed by atoms with E-state index in [4.69, 9.17) is 4.74 Å². The van der Waals surface area contributed by atoms with Gasteiger partial charge in [0.1, 0.15) is 0 Å². The summed E-state index contributed by atoms with van der Waals surface area (Å²) in [5.41, 5.74) is 7.46. The van der Waals surface area contributed by atoms with Crippen molar-refractivity contribution in [3.63, 3.8) is 0 Å². The van der Waals surface area contributed by atoms with Gasteiger partial charge in [-0.15, -0.1) is 0 Å². The lowest BCUT2D eigenvalue weighted by molar-refractivity contribution is -0.121. The molecule has 0 radical (unpaired) electrons. The van der Waals surface area contributed by atoms with Gasteiger partial charge in [0.05, 0.1) is 25.3 Å². The van der Waals surface area contributed by atoms with Crippen LogP contribution in [0.1, 0.15) is 41.9 Å². The minimum atomic E-state index is -0.564. The monoisotopic (exact) mass is 432 g/mol. The molecule has 7 heteroatoms. The molecule has 166 valence electrons. The molecule has 7 nitrogen and oxygen atoms in total. The van der Waals surface area contributed by atoms with Crippen LogP contribution in [0.4, 0.5) is 4.79 Å². The van der Waals surface area contributed by atoms with Crippen LogP contribution in [0, 0.1) is 13.8 Å². The number of alkyl carbamates (subject to hydrolysis) is 1. The molecule has 32 heavy (non-hydrogen) atoms. The van der Waals surface area contributed by atoms with Crippen LogP contribution < -0.4 is 10.7 Å². The minimum absolute atomic E-state index is 0.0310. The second kappa shape index (κ2) is 10.9. The van der Waals surface area contributed by atoms with Crippen LogP contribution in [0.25, 0.3) is 5.69 Å². The molecule has 2 N–H and O–H groups in total. The summed E-state index contributed by atoms with van der Waals surface area (Å²) >= 11 is 0. The molecule has 0 saturated carbocycles. The summed E-state index contributed by atoms with van der Waals surface area (Å²) in [6.07, 6.45) is 1.10. The molecular weight excluding hydrogens is 404 g/mol. The van der Waals surface area contributed by atoms with Crippen LogP contribution in [-0.4, -0.2) is 29.4 Å². The Morgan fingerprint density at radius 1 is 1.06 bits per heavy atom. The first kappa shape index (κ1) is 22.8. The highest BCUT2D eigenvalue weighted by molar-refractivity contribution is 5.84. The van der Waals surface area contributed by atoms with E-state index in [2.05, 4.69) is 20.4 Å². The number of carbonyl (C=O) groups excluding carboxylic acids is 2. The van der Waals surface area contributed by atoms with E-state index < -0.39 is 12.1 Å². The van der Waals surface area contributed by atoms with Crippen molar-refractivity contribution in [2.75, 3.05) is 6.61 Å². The predicted octanol–water partition coefficient (Wildman–Crippen LogP) is 4.42. The van der Waals surface area contributed by atoms with Gasteiger partial charge in [-0.25, -0.2) is 10.2 Å². The molecule has 3 rings (SSSR count). The smallest absolute Gasteiger partial charge is 0.407 e. The van der Waals surface area contributed by atoms with Crippen LogP contribution in [0.5, 0.6) is 0 Å². The van der Waals surface area contributed by atoms with Crippen molar-refractivity contribution in [3.8, 4) is 5.69 Å². The van der Waals surface area contributed by atoms with Gasteiger partial charge in [0.15, 0.2) is 0 Å². The Morgan fingerprint density at radius 3 is 2.38 bits per heavy atom. The van der Waals surface area contributed by atoms with Crippen molar-refractivity contribution in [2.24, 2.45) is 5.10 Å². The number of amides is 2. The number of hydrogen-bond donors (Lipinski definition) is 2. The molecule has 0 aliphatic rings. The highest BCUT2D eigenvalue weighted by atomic mass is 16.5. The molecule has 0 spiro atoms. The van der Waals surface area contributed by atoms with Crippen LogP contribution in [-0.2, 0) is 9.53 Å². The van der Waals surface area contributed by atoms with Gasteiger partial charge in [0.25, 0.3) is 0 Å². The van der Waals surface area contributed by atoms with Gasteiger partial charge in [0, 0.05) is 22.6 Å². The molecule has 0 unspecified atom stereocenters. The third-order valence-electron chi connectivity index (χ3n) is 5.04. The largest absolute Gasteiger partial charge is 0.450 e. The molecule has 3 aromatic rings. The van der Waals surface area contributed by atoms with Gasteiger partial charge >= 0.3 is 6.09 Å². The molecule has 1 atom stereocenters. The quantitative estimate of drug-likeness (QED) is 0.408. The predicted molar refractivity (Wildman–Crippen MR) is 125 cm³/mol. The van der Waals surface area contributed by atoms with E-state index in [1.165, 1.54) is 0 Å². The van der Waals surface area contributed by atoms with Gasteiger partial charge in [-0.05, 0) is 44.5 Å². The first-order valence-electron chi connectivity index (χ1n) is 10.5. The number of rotatable bonds is 8. The fourth-order valence-corrected chi connectivity index (χ4v) is 3.55. The Labute approximate surface area is 188 Å². The molecule has 1 heterocycles. The maximum absolute atomic E-state index is 12.5. The van der Waals surface area contributed by atoms with Crippen LogP contribution in [0.15, 0.2) is 71.8 Å². The van der Waals surface area contributed by atoms with Crippen LogP contribution in [0.2, 0.25) is 0 Å². The van der Waals surface area contributed by atoms with E-state index in [0.717, 1.165) is 28.2 Å². The molecule has 0 saturated heterocycles. The minimum Gasteiger partial charge on any atom is -0.450 e. The zero-order chi connectivity index (χ0) is 22.9. The number of hydrazone groups is 1. The lowest BCUT2D eigenvalue weighted by Crippen LogP contribution is -2.33. The number of hydrogen-bond acceptors (Lipinski definition) is 4. The Balaban J connectivity index is 1.67. The van der Waals surface area contributed by atoms with Gasteiger partial charge in [0.2, 0.25) is 5.91 Å². The third-order valence-corrected chi connectivity index (χ3v) is 5.04. The normalized spacial score (nSPS) is 11.8. The topological polar surface area (TPSA) is 84.7 Å². The SMILES string of the molecule is CCOC(=O)N[C@H](CC(=O)N/N=C\c1cc(C)n(-c2ccccc2)c1C)c1ccccc1. The molecular formula is C25H28N4O3. The second-order valence-corrected chi connectivity index (χ2v) is 7.32. The lowest BCUT2D eigenvalue weighted by Gasteiger charge is -2.18. The van der Waals surface area contributed by atoms with E-state index in [-0.39, 0.29) is 18.9 Å². The van der Waals surface area contributed by atoms with Crippen molar-refractivity contribution in [1.82, 2.24) is 15.3 Å². The standard InChI is InChI=1S/C25H28N4O3/c1-4-32-25(31)27-23(20-11-7-5-8-12-20)16-24(30)28-26-17-21-15-18(2)29(19(21)3)22-13-9-6-10-14-22/h5-15,17,23H,4,16H2,1-3H3,(H,27,31)(H,28,30)/b26-17-/t23-/m1/s1. The summed E-state index contributed by atoms with van der Waals surface area (Å²) in [6, 6.07) is 20.9. The van der Waals surface area contributed by atoms with Crippen LogP contribution in [0.3, 0.4) is 0 Å².